The van der Waals surface area contributed by atoms with Gasteiger partial charge in [-0.3, -0.25) is 4.79 Å². The number of hydrogen-bond donors (Lipinski definition) is 0. The molecule has 0 atom stereocenters. The zero-order chi connectivity index (χ0) is 24.6. The van der Waals surface area contributed by atoms with Crippen molar-refractivity contribution in [2.45, 2.75) is 13.1 Å². The van der Waals surface area contributed by atoms with Gasteiger partial charge in [-0.05, 0) is 49.4 Å². The summed E-state index contributed by atoms with van der Waals surface area (Å²) in [6, 6.07) is 22.7. The Morgan fingerprint density at radius 3 is 2.20 bits per heavy atom. The number of benzene rings is 3. The first-order chi connectivity index (χ1) is 16.8. The summed E-state index contributed by atoms with van der Waals surface area (Å²) in [6.45, 7) is 4.04. The van der Waals surface area contributed by atoms with Crippen LogP contribution in [-0.4, -0.2) is 42.0 Å². The van der Waals surface area contributed by atoms with Crippen molar-refractivity contribution in [1.29, 1.82) is 0 Å². The lowest BCUT2D eigenvalue weighted by Crippen LogP contribution is -2.48. The van der Waals surface area contributed by atoms with Gasteiger partial charge in [0.15, 0.2) is 0 Å². The monoisotopic (exact) mass is 475 g/mol. The van der Waals surface area contributed by atoms with E-state index in [2.05, 4.69) is 0 Å². The SMILES string of the molecule is Cc1ccc2nc(-c3ccccc3)cc(C(=O)N3CCN(c4ccc(C(F)(F)F)cc4)CC3)c2c1. The Balaban J connectivity index is 1.39. The number of amides is 1. The van der Waals surface area contributed by atoms with E-state index in [4.69, 9.17) is 4.98 Å². The number of nitrogens with zero attached hydrogens (tertiary/aromatic N) is 3. The molecule has 5 rings (SSSR count). The van der Waals surface area contributed by atoms with Crippen molar-refractivity contribution in [2.75, 3.05) is 31.1 Å². The zero-order valence-electron chi connectivity index (χ0n) is 19.2. The molecule has 1 amide bonds. The van der Waals surface area contributed by atoms with Crippen molar-refractivity contribution in [3.8, 4) is 11.3 Å². The smallest absolute Gasteiger partial charge is 0.368 e. The molecule has 0 aliphatic carbocycles. The number of aryl methyl sites for hydroxylation is 1. The Kier molecular flexibility index (Phi) is 5.93. The largest absolute Gasteiger partial charge is 0.416 e. The van der Waals surface area contributed by atoms with Gasteiger partial charge in [-0.15, -0.1) is 0 Å². The quantitative estimate of drug-likeness (QED) is 0.354. The molecule has 4 nitrogen and oxygen atoms in total. The normalized spacial score (nSPS) is 14.4. The lowest BCUT2D eigenvalue weighted by molar-refractivity contribution is -0.137. The summed E-state index contributed by atoms with van der Waals surface area (Å²) in [5, 5.41) is 0.819. The van der Waals surface area contributed by atoms with Gasteiger partial charge >= 0.3 is 6.18 Å². The first kappa shape index (κ1) is 22.9. The van der Waals surface area contributed by atoms with Crippen LogP contribution in [0.5, 0.6) is 0 Å². The van der Waals surface area contributed by atoms with Gasteiger partial charge in [0, 0.05) is 42.8 Å². The molecule has 0 spiro atoms. The van der Waals surface area contributed by atoms with Crippen molar-refractivity contribution in [3.05, 3.63) is 95.6 Å². The van der Waals surface area contributed by atoms with E-state index >= 15 is 0 Å². The Morgan fingerprint density at radius 1 is 0.857 bits per heavy atom. The van der Waals surface area contributed by atoms with Gasteiger partial charge in [0.2, 0.25) is 0 Å². The molecule has 1 aliphatic heterocycles. The van der Waals surface area contributed by atoms with Gasteiger partial charge in [0.05, 0.1) is 22.3 Å². The van der Waals surface area contributed by atoms with Crippen LogP contribution in [0, 0.1) is 6.92 Å². The van der Waals surface area contributed by atoms with Crippen molar-refractivity contribution in [2.24, 2.45) is 0 Å². The predicted octanol–water partition coefficient (Wildman–Crippen LogP) is 6.19. The summed E-state index contributed by atoms with van der Waals surface area (Å²) in [6.07, 6.45) is -4.35. The highest BCUT2D eigenvalue weighted by Gasteiger charge is 2.30. The fraction of sp³-hybridized carbons (Fsp3) is 0.214. The summed E-state index contributed by atoms with van der Waals surface area (Å²) in [5.41, 5.74) is 4.17. The number of pyridine rings is 1. The molecular weight excluding hydrogens is 451 g/mol. The standard InChI is InChI=1S/C28H24F3N3O/c1-19-7-12-25-23(17-19)24(18-26(32-25)20-5-3-2-4-6-20)27(35)34-15-13-33(14-16-34)22-10-8-21(9-11-22)28(29,30)31/h2-12,17-18H,13-16H2,1H3. The number of carbonyl (C=O) groups is 1. The second-order valence-corrected chi connectivity index (χ2v) is 8.77. The first-order valence-corrected chi connectivity index (χ1v) is 11.5. The number of aromatic nitrogens is 1. The van der Waals surface area contributed by atoms with Gasteiger partial charge in [-0.1, -0.05) is 42.0 Å². The lowest BCUT2D eigenvalue weighted by Gasteiger charge is -2.36. The fourth-order valence-electron chi connectivity index (χ4n) is 4.47. The van der Waals surface area contributed by atoms with E-state index in [1.807, 2.05) is 71.3 Å². The molecule has 0 radical (unpaired) electrons. The van der Waals surface area contributed by atoms with E-state index < -0.39 is 11.7 Å². The second-order valence-electron chi connectivity index (χ2n) is 8.77. The number of hydrogen-bond acceptors (Lipinski definition) is 3. The van der Waals surface area contributed by atoms with Crippen LogP contribution in [0.3, 0.4) is 0 Å². The van der Waals surface area contributed by atoms with E-state index in [9.17, 15) is 18.0 Å². The summed E-state index contributed by atoms with van der Waals surface area (Å²) in [7, 11) is 0. The topological polar surface area (TPSA) is 36.4 Å². The van der Waals surface area contributed by atoms with Crippen LogP contribution < -0.4 is 4.90 Å². The molecule has 1 aromatic heterocycles. The minimum absolute atomic E-state index is 0.0627. The zero-order valence-corrected chi connectivity index (χ0v) is 19.2. The Hall–Kier alpha value is -3.87. The number of carbonyl (C=O) groups excluding carboxylic acids is 1. The number of piperazine rings is 1. The molecule has 1 saturated heterocycles. The van der Waals surface area contributed by atoms with Gasteiger partial charge in [-0.25, -0.2) is 4.98 Å². The highest BCUT2D eigenvalue weighted by Crippen LogP contribution is 2.31. The minimum atomic E-state index is -4.35. The molecule has 35 heavy (non-hydrogen) atoms. The summed E-state index contributed by atoms with van der Waals surface area (Å²) in [4.78, 5) is 22.3. The molecule has 3 aromatic carbocycles. The van der Waals surface area contributed by atoms with Gasteiger partial charge in [0.1, 0.15) is 0 Å². The summed E-state index contributed by atoms with van der Waals surface area (Å²) >= 11 is 0. The van der Waals surface area contributed by atoms with E-state index in [0.29, 0.717) is 31.7 Å². The number of rotatable bonds is 3. The third-order valence-corrected chi connectivity index (χ3v) is 6.39. The number of anilines is 1. The maximum absolute atomic E-state index is 13.7. The first-order valence-electron chi connectivity index (χ1n) is 11.5. The molecule has 1 aliphatic rings. The molecule has 2 heterocycles. The van der Waals surface area contributed by atoms with E-state index in [-0.39, 0.29) is 5.91 Å². The maximum Gasteiger partial charge on any atom is 0.416 e. The van der Waals surface area contributed by atoms with Crippen molar-refractivity contribution >= 4 is 22.5 Å². The van der Waals surface area contributed by atoms with Crippen molar-refractivity contribution < 1.29 is 18.0 Å². The van der Waals surface area contributed by atoms with E-state index in [1.54, 1.807) is 0 Å². The molecule has 0 N–H and O–H groups in total. The molecule has 0 saturated carbocycles. The number of fused-ring (bicyclic) bond motifs is 1. The van der Waals surface area contributed by atoms with Crippen LogP contribution in [-0.2, 0) is 6.18 Å². The van der Waals surface area contributed by atoms with Gasteiger partial charge < -0.3 is 9.80 Å². The highest BCUT2D eigenvalue weighted by atomic mass is 19.4. The van der Waals surface area contributed by atoms with Crippen LogP contribution in [0.25, 0.3) is 22.2 Å². The third-order valence-electron chi connectivity index (χ3n) is 6.39. The third kappa shape index (κ3) is 4.71. The molecular formula is C28H24F3N3O. The van der Waals surface area contributed by atoms with Crippen LogP contribution in [0.4, 0.5) is 18.9 Å². The Bertz CT molecular complexity index is 1360. The summed E-state index contributed by atoms with van der Waals surface area (Å²) in [5.74, 6) is -0.0627. The molecule has 178 valence electrons. The molecule has 7 heteroatoms. The maximum atomic E-state index is 13.7. The Labute approximate surface area is 201 Å². The predicted molar refractivity (Wildman–Crippen MR) is 131 cm³/mol. The average molecular weight is 476 g/mol. The average Bonchev–Trinajstić information content (AvgIpc) is 2.88. The van der Waals surface area contributed by atoms with E-state index in [0.717, 1.165) is 45.5 Å². The molecule has 0 unspecified atom stereocenters. The highest BCUT2D eigenvalue weighted by molar-refractivity contribution is 6.07. The summed E-state index contributed by atoms with van der Waals surface area (Å²) < 4.78 is 38.6. The van der Waals surface area contributed by atoms with Gasteiger partial charge in [0.25, 0.3) is 5.91 Å². The molecule has 4 aromatic rings. The van der Waals surface area contributed by atoms with Crippen LogP contribution >= 0.6 is 0 Å². The van der Waals surface area contributed by atoms with Crippen molar-refractivity contribution in [1.82, 2.24) is 9.88 Å². The van der Waals surface area contributed by atoms with Crippen LogP contribution in [0.15, 0.2) is 78.9 Å². The minimum Gasteiger partial charge on any atom is -0.368 e. The van der Waals surface area contributed by atoms with Crippen molar-refractivity contribution in [3.63, 3.8) is 0 Å². The van der Waals surface area contributed by atoms with E-state index in [1.165, 1.54) is 12.1 Å². The molecule has 1 fully saturated rings. The van der Waals surface area contributed by atoms with Crippen LogP contribution in [0.1, 0.15) is 21.5 Å². The second kappa shape index (κ2) is 9.06. The number of halogens is 3. The lowest BCUT2D eigenvalue weighted by atomic mass is 10.0. The molecule has 0 bridgehead atoms. The Morgan fingerprint density at radius 2 is 1.54 bits per heavy atom. The van der Waals surface area contributed by atoms with Crippen LogP contribution in [0.2, 0.25) is 0 Å². The van der Waals surface area contributed by atoms with Gasteiger partial charge in [-0.2, -0.15) is 13.2 Å². The number of alkyl halides is 3. The fourth-order valence-corrected chi connectivity index (χ4v) is 4.47.